The van der Waals surface area contributed by atoms with Crippen LogP contribution in [-0.4, -0.2) is 36.0 Å². The molecule has 2 N–H and O–H groups in total. The summed E-state index contributed by atoms with van der Waals surface area (Å²) in [6.07, 6.45) is 0.838. The number of carbonyl (C=O) groups is 1. The van der Waals surface area contributed by atoms with Crippen LogP contribution in [0.4, 0.5) is 0 Å². The van der Waals surface area contributed by atoms with Crippen LogP contribution in [0.15, 0.2) is 5.10 Å². The smallest absolute Gasteiger partial charge is 0.352 e. The minimum Gasteiger partial charge on any atom is -0.477 e. The summed E-state index contributed by atoms with van der Waals surface area (Å²) in [5, 5.41) is 12.5. The first-order valence-electron chi connectivity index (χ1n) is 3.93. The summed E-state index contributed by atoms with van der Waals surface area (Å²) in [5.74, 6) is -1.00. The van der Waals surface area contributed by atoms with Gasteiger partial charge >= 0.3 is 5.97 Å². The van der Waals surface area contributed by atoms with E-state index in [1.165, 1.54) is 0 Å². The Labute approximate surface area is 69.4 Å². The van der Waals surface area contributed by atoms with Gasteiger partial charge in [0.05, 0.1) is 18.6 Å². The SMILES string of the molecule is O=C(O)C1=NN[C@H]2CCOC[C@@H]12. The minimum absolute atomic E-state index is 0.0590. The van der Waals surface area contributed by atoms with Gasteiger partial charge in [-0.3, -0.25) is 0 Å². The first-order chi connectivity index (χ1) is 5.79. The van der Waals surface area contributed by atoms with Crippen molar-refractivity contribution in [3.63, 3.8) is 0 Å². The molecule has 0 amide bonds. The number of carboxylic acids is 1. The number of fused-ring (bicyclic) bond motifs is 1. The number of hydrazone groups is 1. The summed E-state index contributed by atoms with van der Waals surface area (Å²) in [6.45, 7) is 1.17. The number of ether oxygens (including phenoxy) is 1. The second kappa shape index (κ2) is 2.75. The molecule has 66 valence electrons. The van der Waals surface area contributed by atoms with Crippen LogP contribution in [0.2, 0.25) is 0 Å². The maximum Gasteiger partial charge on any atom is 0.352 e. The van der Waals surface area contributed by atoms with Crippen LogP contribution in [0.5, 0.6) is 0 Å². The molecular weight excluding hydrogens is 160 g/mol. The van der Waals surface area contributed by atoms with Gasteiger partial charge in [-0.25, -0.2) is 4.79 Å². The van der Waals surface area contributed by atoms with E-state index in [0.29, 0.717) is 13.2 Å². The van der Waals surface area contributed by atoms with Crippen molar-refractivity contribution >= 4 is 11.7 Å². The number of nitrogens with zero attached hydrogens (tertiary/aromatic N) is 1. The van der Waals surface area contributed by atoms with Crippen molar-refractivity contribution in [3.05, 3.63) is 0 Å². The molecule has 0 saturated carbocycles. The van der Waals surface area contributed by atoms with Gasteiger partial charge in [-0.2, -0.15) is 5.10 Å². The molecule has 2 aliphatic heterocycles. The molecule has 0 aromatic rings. The van der Waals surface area contributed by atoms with E-state index in [0.717, 1.165) is 6.42 Å². The highest BCUT2D eigenvalue weighted by Crippen LogP contribution is 2.20. The average Bonchev–Trinajstić information content (AvgIpc) is 2.47. The molecule has 0 aliphatic carbocycles. The minimum atomic E-state index is -0.944. The van der Waals surface area contributed by atoms with E-state index < -0.39 is 5.97 Å². The summed E-state index contributed by atoms with van der Waals surface area (Å²) in [6, 6.07) is 0.171. The van der Waals surface area contributed by atoms with Gasteiger partial charge in [0.2, 0.25) is 0 Å². The Balaban J connectivity index is 2.13. The van der Waals surface area contributed by atoms with E-state index in [2.05, 4.69) is 10.5 Å². The zero-order valence-corrected chi connectivity index (χ0v) is 6.49. The second-order valence-electron chi connectivity index (χ2n) is 3.01. The molecule has 5 nitrogen and oxygen atoms in total. The zero-order chi connectivity index (χ0) is 8.55. The summed E-state index contributed by atoms with van der Waals surface area (Å²) < 4.78 is 5.18. The lowest BCUT2D eigenvalue weighted by molar-refractivity contribution is -0.129. The Kier molecular flexibility index (Phi) is 1.73. The number of carboxylic acid groups (broad SMARTS) is 1. The number of hydrogen-bond donors (Lipinski definition) is 2. The maximum absolute atomic E-state index is 10.6. The van der Waals surface area contributed by atoms with Crippen LogP contribution in [0.1, 0.15) is 6.42 Å². The number of nitrogens with one attached hydrogen (secondary N) is 1. The number of rotatable bonds is 1. The van der Waals surface area contributed by atoms with Gasteiger partial charge in [0.15, 0.2) is 5.71 Å². The number of hydrogen-bond acceptors (Lipinski definition) is 4. The summed E-state index contributed by atoms with van der Waals surface area (Å²) >= 11 is 0. The lowest BCUT2D eigenvalue weighted by Gasteiger charge is -2.24. The van der Waals surface area contributed by atoms with Gasteiger partial charge in [0.1, 0.15) is 0 Å². The fourth-order valence-corrected chi connectivity index (χ4v) is 1.60. The highest BCUT2D eigenvalue weighted by atomic mass is 16.5. The largest absolute Gasteiger partial charge is 0.477 e. The van der Waals surface area contributed by atoms with Crippen molar-refractivity contribution in [1.29, 1.82) is 0 Å². The van der Waals surface area contributed by atoms with Gasteiger partial charge in [-0.15, -0.1) is 0 Å². The van der Waals surface area contributed by atoms with E-state index in [9.17, 15) is 4.79 Å². The predicted molar refractivity (Wildman–Crippen MR) is 40.9 cm³/mol. The third kappa shape index (κ3) is 1.06. The first-order valence-corrected chi connectivity index (χ1v) is 3.93. The topological polar surface area (TPSA) is 70.9 Å². The summed E-state index contributed by atoms with van der Waals surface area (Å²) in [7, 11) is 0. The molecule has 0 aromatic carbocycles. The van der Waals surface area contributed by atoms with Crippen molar-refractivity contribution < 1.29 is 14.6 Å². The predicted octanol–water partition coefficient (Wildman–Crippen LogP) is -0.565. The lowest BCUT2D eigenvalue weighted by atomic mass is 9.93. The Bertz CT molecular complexity index is 239. The standard InChI is InChI=1S/C7H10N2O3/c10-7(11)6-4-3-12-2-1-5(4)8-9-6/h4-5,8H,1-3H2,(H,10,11)/t4-,5+/m1/s1. The summed E-state index contributed by atoms with van der Waals surface area (Å²) in [4.78, 5) is 10.6. The normalized spacial score (nSPS) is 33.5. The molecular formula is C7H10N2O3. The third-order valence-corrected chi connectivity index (χ3v) is 2.28. The Morgan fingerprint density at radius 3 is 3.33 bits per heavy atom. The Morgan fingerprint density at radius 1 is 1.75 bits per heavy atom. The maximum atomic E-state index is 10.6. The molecule has 0 unspecified atom stereocenters. The van der Waals surface area contributed by atoms with Crippen molar-refractivity contribution in [2.45, 2.75) is 12.5 Å². The average molecular weight is 170 g/mol. The van der Waals surface area contributed by atoms with E-state index in [1.54, 1.807) is 0 Å². The molecule has 1 fully saturated rings. The molecule has 2 rings (SSSR count). The van der Waals surface area contributed by atoms with E-state index in [1.807, 2.05) is 0 Å². The van der Waals surface area contributed by atoms with Gasteiger partial charge in [-0.1, -0.05) is 0 Å². The molecule has 12 heavy (non-hydrogen) atoms. The quantitative estimate of drug-likeness (QED) is 0.553. The van der Waals surface area contributed by atoms with E-state index in [-0.39, 0.29) is 17.7 Å². The molecule has 0 aromatic heterocycles. The fourth-order valence-electron chi connectivity index (χ4n) is 1.60. The molecule has 0 spiro atoms. The molecule has 0 radical (unpaired) electrons. The highest BCUT2D eigenvalue weighted by Gasteiger charge is 2.37. The lowest BCUT2D eigenvalue weighted by Crippen LogP contribution is -2.40. The van der Waals surface area contributed by atoms with Crippen LogP contribution in [0.25, 0.3) is 0 Å². The van der Waals surface area contributed by atoms with Gasteiger partial charge in [0.25, 0.3) is 0 Å². The van der Waals surface area contributed by atoms with Crippen LogP contribution in [-0.2, 0) is 9.53 Å². The zero-order valence-electron chi connectivity index (χ0n) is 6.49. The first kappa shape index (κ1) is 7.54. The molecule has 5 heteroatoms. The highest BCUT2D eigenvalue weighted by molar-refractivity contribution is 6.37. The van der Waals surface area contributed by atoms with E-state index in [4.69, 9.17) is 9.84 Å². The van der Waals surface area contributed by atoms with E-state index >= 15 is 0 Å². The molecule has 1 saturated heterocycles. The third-order valence-electron chi connectivity index (χ3n) is 2.28. The molecule has 0 bridgehead atoms. The Morgan fingerprint density at radius 2 is 2.58 bits per heavy atom. The molecule has 2 atom stereocenters. The van der Waals surface area contributed by atoms with Crippen LogP contribution >= 0.6 is 0 Å². The second-order valence-corrected chi connectivity index (χ2v) is 3.01. The fraction of sp³-hybridized carbons (Fsp3) is 0.714. The molecule has 2 aliphatic rings. The van der Waals surface area contributed by atoms with Crippen molar-refractivity contribution in [2.75, 3.05) is 13.2 Å². The van der Waals surface area contributed by atoms with Crippen LogP contribution in [0.3, 0.4) is 0 Å². The van der Waals surface area contributed by atoms with Gasteiger partial charge in [0, 0.05) is 6.61 Å². The van der Waals surface area contributed by atoms with Gasteiger partial charge < -0.3 is 15.3 Å². The van der Waals surface area contributed by atoms with Gasteiger partial charge in [-0.05, 0) is 6.42 Å². The van der Waals surface area contributed by atoms with Crippen molar-refractivity contribution in [3.8, 4) is 0 Å². The monoisotopic (exact) mass is 170 g/mol. The van der Waals surface area contributed by atoms with Crippen LogP contribution < -0.4 is 5.43 Å². The van der Waals surface area contributed by atoms with Crippen molar-refractivity contribution in [1.82, 2.24) is 5.43 Å². The number of aliphatic carboxylic acids is 1. The van der Waals surface area contributed by atoms with Crippen LogP contribution in [0, 0.1) is 5.92 Å². The van der Waals surface area contributed by atoms with Crippen molar-refractivity contribution in [2.24, 2.45) is 11.0 Å². The Hall–Kier alpha value is -1.10. The summed E-state index contributed by atoms with van der Waals surface area (Å²) in [5.41, 5.74) is 3.03. The molecule has 2 heterocycles.